The second kappa shape index (κ2) is 10.6. The van der Waals surface area contributed by atoms with Crippen LogP contribution in [-0.2, 0) is 21.7 Å². The standard InChI is InChI=1S/C24H35N7O6/c1-3-24(36,4-2)18-15-31(28-27-18)16-6-12-37-23(13-16)7-10-29(11-8-23)19(32)5-9-30-14-17(20(25)33)21(34)26-22(30)35/h14-16,36H,3-13H2,1-2H3,(H2,25,33)(H,26,34,35). The molecule has 1 unspecified atom stereocenters. The van der Waals surface area contributed by atoms with E-state index in [9.17, 15) is 24.3 Å². The van der Waals surface area contributed by atoms with Crippen molar-refractivity contribution in [1.29, 1.82) is 0 Å². The number of nitrogens with two attached hydrogens (primary N) is 1. The number of aryl methyl sites for hydroxylation is 1. The topological polar surface area (TPSA) is 178 Å². The molecule has 2 aromatic rings. The Balaban J connectivity index is 1.35. The molecule has 1 atom stereocenters. The van der Waals surface area contributed by atoms with Gasteiger partial charge in [-0.15, -0.1) is 5.10 Å². The van der Waals surface area contributed by atoms with E-state index in [1.54, 1.807) is 4.90 Å². The summed E-state index contributed by atoms with van der Waals surface area (Å²) in [7, 11) is 0. The number of ether oxygens (including phenoxy) is 1. The first-order valence-corrected chi connectivity index (χ1v) is 12.8. The number of hydrogen-bond donors (Lipinski definition) is 3. The van der Waals surface area contributed by atoms with Crippen LogP contribution in [0.4, 0.5) is 0 Å². The summed E-state index contributed by atoms with van der Waals surface area (Å²) in [5.74, 6) is -1.07. The van der Waals surface area contributed by atoms with Crippen molar-refractivity contribution in [3.05, 3.63) is 44.5 Å². The minimum atomic E-state index is -0.978. The Morgan fingerprint density at radius 3 is 2.59 bits per heavy atom. The molecule has 2 aromatic heterocycles. The van der Waals surface area contributed by atoms with Gasteiger partial charge in [0.2, 0.25) is 5.91 Å². The molecule has 4 rings (SSSR count). The molecule has 4 N–H and O–H groups in total. The highest BCUT2D eigenvalue weighted by atomic mass is 16.5. The third-order valence-corrected chi connectivity index (χ3v) is 7.87. The number of carbonyl (C=O) groups excluding carboxylic acids is 2. The Morgan fingerprint density at radius 2 is 1.95 bits per heavy atom. The molecule has 0 aliphatic carbocycles. The third kappa shape index (κ3) is 5.52. The van der Waals surface area contributed by atoms with E-state index in [2.05, 4.69) is 10.3 Å². The van der Waals surface area contributed by atoms with Crippen LogP contribution >= 0.6 is 0 Å². The normalized spacial score (nSPS) is 19.8. The fraction of sp³-hybridized carbons (Fsp3) is 0.667. The lowest BCUT2D eigenvalue weighted by Crippen LogP contribution is -2.51. The van der Waals surface area contributed by atoms with Crippen molar-refractivity contribution in [3.8, 4) is 0 Å². The molecule has 2 fully saturated rings. The van der Waals surface area contributed by atoms with Gasteiger partial charge < -0.3 is 20.5 Å². The van der Waals surface area contributed by atoms with Gasteiger partial charge in [0.1, 0.15) is 16.9 Å². The maximum absolute atomic E-state index is 12.8. The lowest BCUT2D eigenvalue weighted by atomic mass is 9.82. The highest BCUT2D eigenvalue weighted by Crippen LogP contribution is 2.40. The van der Waals surface area contributed by atoms with Crippen molar-refractivity contribution in [2.75, 3.05) is 19.7 Å². The van der Waals surface area contributed by atoms with E-state index in [1.165, 1.54) is 0 Å². The summed E-state index contributed by atoms with van der Waals surface area (Å²) in [5, 5.41) is 19.3. The van der Waals surface area contributed by atoms with Crippen molar-refractivity contribution in [1.82, 2.24) is 29.4 Å². The van der Waals surface area contributed by atoms with E-state index in [0.717, 1.165) is 23.6 Å². The van der Waals surface area contributed by atoms with Crippen LogP contribution in [0.3, 0.4) is 0 Å². The van der Waals surface area contributed by atoms with Crippen molar-refractivity contribution in [3.63, 3.8) is 0 Å². The number of aliphatic hydroxyl groups is 1. The summed E-state index contributed by atoms with van der Waals surface area (Å²) in [4.78, 5) is 51.7. The monoisotopic (exact) mass is 517 g/mol. The van der Waals surface area contributed by atoms with Gasteiger partial charge in [-0.3, -0.25) is 23.9 Å². The Morgan fingerprint density at radius 1 is 1.24 bits per heavy atom. The number of aromatic nitrogens is 5. The molecule has 13 nitrogen and oxygen atoms in total. The van der Waals surface area contributed by atoms with Crippen molar-refractivity contribution in [2.24, 2.45) is 5.73 Å². The van der Waals surface area contributed by atoms with E-state index in [4.69, 9.17) is 10.5 Å². The number of H-pyrrole nitrogens is 1. The molecule has 0 saturated carbocycles. The number of likely N-dealkylation sites (tertiary alicyclic amines) is 1. The molecule has 2 aliphatic rings. The Hall–Kier alpha value is -3.32. The first-order valence-electron chi connectivity index (χ1n) is 12.8. The van der Waals surface area contributed by atoms with E-state index in [0.29, 0.717) is 51.1 Å². The van der Waals surface area contributed by atoms with Gasteiger partial charge in [0, 0.05) is 38.9 Å². The quantitative estimate of drug-likeness (QED) is 0.439. The number of carbonyl (C=O) groups is 2. The van der Waals surface area contributed by atoms with Crippen LogP contribution in [0.25, 0.3) is 0 Å². The lowest BCUT2D eigenvalue weighted by Gasteiger charge is -2.46. The fourth-order valence-electron chi connectivity index (χ4n) is 5.25. The zero-order valence-corrected chi connectivity index (χ0v) is 21.3. The maximum Gasteiger partial charge on any atom is 0.328 e. The van der Waals surface area contributed by atoms with Crippen LogP contribution in [0.5, 0.6) is 0 Å². The smallest absolute Gasteiger partial charge is 0.328 e. The summed E-state index contributed by atoms with van der Waals surface area (Å²) in [6.45, 7) is 5.50. The SMILES string of the molecule is CCC(O)(CC)c1cn(C2CCOC3(CCN(C(=O)CCn4cc(C(N)=O)c(=O)[nH]c4=O)CC3)C2)nn1. The highest BCUT2D eigenvalue weighted by Gasteiger charge is 2.42. The number of piperidine rings is 1. The average molecular weight is 518 g/mol. The van der Waals surface area contributed by atoms with E-state index < -0.39 is 22.8 Å². The molecule has 2 amide bonds. The molecule has 13 heteroatoms. The first kappa shape index (κ1) is 26.7. The molecule has 1 spiro atoms. The first-order chi connectivity index (χ1) is 17.6. The van der Waals surface area contributed by atoms with E-state index in [-0.39, 0.29) is 36.1 Å². The van der Waals surface area contributed by atoms with Gasteiger partial charge in [0.05, 0.1) is 17.8 Å². The Kier molecular flexibility index (Phi) is 7.64. The molecular weight excluding hydrogens is 482 g/mol. The lowest BCUT2D eigenvalue weighted by molar-refractivity contribution is -0.146. The number of hydrogen-bond acceptors (Lipinski definition) is 8. The van der Waals surface area contributed by atoms with Crippen LogP contribution < -0.4 is 17.0 Å². The number of nitrogens with zero attached hydrogens (tertiary/aromatic N) is 5. The molecule has 37 heavy (non-hydrogen) atoms. The van der Waals surface area contributed by atoms with Gasteiger partial charge in [-0.1, -0.05) is 19.1 Å². The molecule has 0 aromatic carbocycles. The fourth-order valence-corrected chi connectivity index (χ4v) is 5.25. The molecule has 0 radical (unpaired) electrons. The average Bonchev–Trinajstić information content (AvgIpc) is 3.39. The van der Waals surface area contributed by atoms with Gasteiger partial charge in [-0.25, -0.2) is 9.48 Å². The predicted molar refractivity (Wildman–Crippen MR) is 132 cm³/mol. The van der Waals surface area contributed by atoms with Gasteiger partial charge >= 0.3 is 5.69 Å². The van der Waals surface area contributed by atoms with Crippen molar-refractivity contribution in [2.45, 2.75) is 82.6 Å². The number of amides is 2. The molecule has 4 heterocycles. The molecule has 202 valence electrons. The molecule has 2 saturated heterocycles. The summed E-state index contributed by atoms with van der Waals surface area (Å²) < 4.78 is 9.18. The predicted octanol–water partition coefficient (Wildman–Crippen LogP) is 0.0376. The zero-order valence-electron chi connectivity index (χ0n) is 21.3. The second-order valence-corrected chi connectivity index (χ2v) is 9.99. The van der Waals surface area contributed by atoms with Crippen molar-refractivity contribution >= 4 is 11.8 Å². The number of primary amides is 1. The van der Waals surface area contributed by atoms with Crippen LogP contribution in [0.2, 0.25) is 0 Å². The van der Waals surface area contributed by atoms with Crippen LogP contribution in [0.15, 0.2) is 22.0 Å². The van der Waals surface area contributed by atoms with Crippen molar-refractivity contribution < 1.29 is 19.4 Å². The minimum Gasteiger partial charge on any atom is -0.383 e. The summed E-state index contributed by atoms with van der Waals surface area (Å²) in [5.41, 5.74) is 2.55. The largest absolute Gasteiger partial charge is 0.383 e. The minimum absolute atomic E-state index is 0.0193. The van der Waals surface area contributed by atoms with Gasteiger partial charge in [0.25, 0.3) is 11.5 Å². The zero-order chi connectivity index (χ0) is 26.8. The molecule has 2 aliphatic heterocycles. The van der Waals surface area contributed by atoms with E-state index in [1.807, 2.05) is 29.7 Å². The maximum atomic E-state index is 12.8. The van der Waals surface area contributed by atoms with E-state index >= 15 is 0 Å². The summed E-state index contributed by atoms with van der Waals surface area (Å²) in [6.07, 6.45) is 7.00. The van der Waals surface area contributed by atoms with Crippen LogP contribution in [0.1, 0.15) is 80.9 Å². The Labute approximate surface area is 213 Å². The number of rotatable bonds is 8. The van der Waals surface area contributed by atoms with Gasteiger partial charge in [0.15, 0.2) is 0 Å². The van der Waals surface area contributed by atoms with Crippen LogP contribution in [0, 0.1) is 0 Å². The number of aromatic amines is 1. The molecular formula is C24H35N7O6. The molecule has 0 bridgehead atoms. The second-order valence-electron chi connectivity index (χ2n) is 9.99. The third-order valence-electron chi connectivity index (χ3n) is 7.87. The number of nitrogens with one attached hydrogen (secondary N) is 1. The van der Waals surface area contributed by atoms with Gasteiger partial charge in [-0.05, 0) is 38.5 Å². The summed E-state index contributed by atoms with van der Waals surface area (Å²) in [6, 6.07) is 0.0989. The highest BCUT2D eigenvalue weighted by molar-refractivity contribution is 5.91. The summed E-state index contributed by atoms with van der Waals surface area (Å²) >= 11 is 0. The Bertz CT molecular complexity index is 1250. The van der Waals surface area contributed by atoms with Crippen LogP contribution in [-0.4, -0.2) is 71.7 Å². The van der Waals surface area contributed by atoms with Gasteiger partial charge in [-0.2, -0.15) is 0 Å².